The van der Waals surface area contributed by atoms with Crippen molar-refractivity contribution in [1.29, 1.82) is 0 Å². The van der Waals surface area contributed by atoms with Gasteiger partial charge in [-0.3, -0.25) is 9.69 Å². The molecule has 0 aromatic heterocycles. The number of nitrogens with one attached hydrogen (secondary N) is 2. The van der Waals surface area contributed by atoms with Crippen LogP contribution in [-0.2, 0) is 10.2 Å². The van der Waals surface area contributed by atoms with Gasteiger partial charge in [0.1, 0.15) is 5.75 Å². The zero-order valence-electron chi connectivity index (χ0n) is 15.1. The number of ether oxygens (including phenoxy) is 1. The molecule has 2 fully saturated rings. The molecule has 1 heterocycles. The standard InChI is InChI=1S/C19H29N3O2.ClH/c1-24-17-6-4-5-16(15-17)19(7-2-3-8-19)18(23)21-11-14-22-12-9-20-10-13-22;/h4-6,15,20H,2-3,7-14H2,1H3,(H,21,23);1H. The van der Waals surface area contributed by atoms with E-state index in [0.717, 1.165) is 76.3 Å². The van der Waals surface area contributed by atoms with Gasteiger partial charge in [-0.15, -0.1) is 12.4 Å². The van der Waals surface area contributed by atoms with Gasteiger partial charge in [0.05, 0.1) is 12.5 Å². The third kappa shape index (κ3) is 4.66. The van der Waals surface area contributed by atoms with E-state index in [1.54, 1.807) is 7.11 Å². The first kappa shape index (κ1) is 20.0. The zero-order valence-corrected chi connectivity index (χ0v) is 15.9. The number of piperazine rings is 1. The number of hydrogen-bond acceptors (Lipinski definition) is 4. The SMILES string of the molecule is COc1cccc(C2(C(=O)NCCN3CCNCC3)CCCC2)c1.Cl. The summed E-state index contributed by atoms with van der Waals surface area (Å²) in [7, 11) is 1.67. The number of carbonyl (C=O) groups excluding carboxylic acids is 1. The molecule has 6 heteroatoms. The molecule has 2 N–H and O–H groups in total. The summed E-state index contributed by atoms with van der Waals surface area (Å²) in [6, 6.07) is 8.03. The van der Waals surface area contributed by atoms with Crippen molar-refractivity contribution in [3.63, 3.8) is 0 Å². The van der Waals surface area contributed by atoms with Gasteiger partial charge in [-0.2, -0.15) is 0 Å². The fourth-order valence-corrected chi connectivity index (χ4v) is 3.98. The van der Waals surface area contributed by atoms with Crippen LogP contribution in [0.2, 0.25) is 0 Å². The zero-order chi connectivity index (χ0) is 16.8. The minimum Gasteiger partial charge on any atom is -0.497 e. The summed E-state index contributed by atoms with van der Waals surface area (Å²) in [6.07, 6.45) is 4.09. The summed E-state index contributed by atoms with van der Waals surface area (Å²) in [5.74, 6) is 1.01. The van der Waals surface area contributed by atoms with Crippen LogP contribution < -0.4 is 15.4 Å². The summed E-state index contributed by atoms with van der Waals surface area (Å²) in [5.41, 5.74) is 0.719. The minimum absolute atomic E-state index is 0. The number of amides is 1. The third-order valence-corrected chi connectivity index (χ3v) is 5.44. The molecule has 1 aromatic rings. The average Bonchev–Trinajstić information content (AvgIpc) is 3.14. The van der Waals surface area contributed by atoms with E-state index in [9.17, 15) is 4.79 Å². The monoisotopic (exact) mass is 367 g/mol. The number of halogens is 1. The van der Waals surface area contributed by atoms with E-state index >= 15 is 0 Å². The molecule has 3 rings (SSSR count). The molecule has 25 heavy (non-hydrogen) atoms. The summed E-state index contributed by atoms with van der Waals surface area (Å²) in [5, 5.41) is 6.56. The molecule has 5 nitrogen and oxygen atoms in total. The van der Waals surface area contributed by atoms with E-state index in [-0.39, 0.29) is 23.7 Å². The summed E-state index contributed by atoms with van der Waals surface area (Å²) in [6.45, 7) is 5.88. The fourth-order valence-electron chi connectivity index (χ4n) is 3.98. The largest absolute Gasteiger partial charge is 0.497 e. The highest BCUT2D eigenvalue weighted by Crippen LogP contribution is 2.42. The smallest absolute Gasteiger partial charge is 0.230 e. The molecule has 1 amide bonds. The molecule has 0 unspecified atom stereocenters. The number of benzene rings is 1. The summed E-state index contributed by atoms with van der Waals surface area (Å²) in [4.78, 5) is 15.4. The van der Waals surface area contributed by atoms with E-state index in [2.05, 4.69) is 21.6 Å². The van der Waals surface area contributed by atoms with Gasteiger partial charge in [0.15, 0.2) is 0 Å². The maximum atomic E-state index is 13.0. The lowest BCUT2D eigenvalue weighted by Crippen LogP contribution is -2.48. The van der Waals surface area contributed by atoms with Crippen molar-refractivity contribution in [2.75, 3.05) is 46.4 Å². The Hall–Kier alpha value is -1.30. The second kappa shape index (κ2) is 9.41. The average molecular weight is 368 g/mol. The quantitative estimate of drug-likeness (QED) is 0.807. The predicted molar refractivity (Wildman–Crippen MR) is 103 cm³/mol. The van der Waals surface area contributed by atoms with Gasteiger partial charge in [0.2, 0.25) is 5.91 Å². The van der Waals surface area contributed by atoms with Crippen LogP contribution >= 0.6 is 12.4 Å². The van der Waals surface area contributed by atoms with E-state index in [0.29, 0.717) is 0 Å². The van der Waals surface area contributed by atoms with Gasteiger partial charge in [0.25, 0.3) is 0 Å². The Kier molecular flexibility index (Phi) is 7.54. The molecule has 0 bridgehead atoms. The number of hydrogen-bond donors (Lipinski definition) is 2. The highest BCUT2D eigenvalue weighted by molar-refractivity contribution is 5.88. The molecule has 1 aromatic carbocycles. The molecular formula is C19H30ClN3O2. The molecule has 1 saturated heterocycles. The molecule has 1 aliphatic carbocycles. The van der Waals surface area contributed by atoms with Crippen LogP contribution in [-0.4, -0.2) is 57.2 Å². The first-order valence-electron chi connectivity index (χ1n) is 9.10. The van der Waals surface area contributed by atoms with Crippen LogP contribution in [0.5, 0.6) is 5.75 Å². The minimum atomic E-state index is -0.377. The highest BCUT2D eigenvalue weighted by Gasteiger charge is 2.42. The van der Waals surface area contributed by atoms with E-state index < -0.39 is 0 Å². The second-order valence-corrected chi connectivity index (χ2v) is 6.87. The van der Waals surface area contributed by atoms with Crippen molar-refractivity contribution in [2.45, 2.75) is 31.1 Å². The maximum Gasteiger partial charge on any atom is 0.230 e. The molecule has 0 radical (unpaired) electrons. The van der Waals surface area contributed by atoms with Gasteiger partial charge in [-0.05, 0) is 30.5 Å². The number of methoxy groups -OCH3 is 1. The van der Waals surface area contributed by atoms with Crippen molar-refractivity contribution in [2.24, 2.45) is 0 Å². The Morgan fingerprint density at radius 3 is 2.68 bits per heavy atom. The van der Waals surface area contributed by atoms with Crippen LogP contribution in [0.3, 0.4) is 0 Å². The molecule has 2 aliphatic rings. The summed E-state index contributed by atoms with van der Waals surface area (Å²) >= 11 is 0. The highest BCUT2D eigenvalue weighted by atomic mass is 35.5. The Bertz CT molecular complexity index is 555. The molecular weight excluding hydrogens is 338 g/mol. The lowest BCUT2D eigenvalue weighted by molar-refractivity contribution is -0.126. The van der Waals surface area contributed by atoms with Gasteiger partial charge in [-0.1, -0.05) is 25.0 Å². The normalized spacial score (nSPS) is 19.9. The van der Waals surface area contributed by atoms with Crippen LogP contribution in [0.25, 0.3) is 0 Å². The van der Waals surface area contributed by atoms with Crippen molar-refractivity contribution in [3.05, 3.63) is 29.8 Å². The number of rotatable bonds is 6. The lowest BCUT2D eigenvalue weighted by Gasteiger charge is -2.30. The van der Waals surface area contributed by atoms with Crippen molar-refractivity contribution < 1.29 is 9.53 Å². The number of carbonyl (C=O) groups is 1. The first-order valence-corrected chi connectivity index (χ1v) is 9.10. The van der Waals surface area contributed by atoms with E-state index in [1.807, 2.05) is 18.2 Å². The van der Waals surface area contributed by atoms with Crippen LogP contribution in [0, 0.1) is 0 Å². The van der Waals surface area contributed by atoms with Crippen LogP contribution in [0.4, 0.5) is 0 Å². The Morgan fingerprint density at radius 2 is 2.00 bits per heavy atom. The predicted octanol–water partition coefficient (Wildman–Crippen LogP) is 1.95. The molecule has 0 atom stereocenters. The van der Waals surface area contributed by atoms with Gasteiger partial charge >= 0.3 is 0 Å². The molecule has 1 aliphatic heterocycles. The van der Waals surface area contributed by atoms with E-state index in [4.69, 9.17) is 4.74 Å². The molecule has 1 saturated carbocycles. The Morgan fingerprint density at radius 1 is 1.28 bits per heavy atom. The maximum absolute atomic E-state index is 13.0. The topological polar surface area (TPSA) is 53.6 Å². The van der Waals surface area contributed by atoms with Crippen molar-refractivity contribution >= 4 is 18.3 Å². The van der Waals surface area contributed by atoms with Crippen molar-refractivity contribution in [3.8, 4) is 5.75 Å². The Labute approximate surface area is 156 Å². The van der Waals surface area contributed by atoms with Crippen LogP contribution in [0.1, 0.15) is 31.2 Å². The summed E-state index contributed by atoms with van der Waals surface area (Å²) < 4.78 is 5.36. The van der Waals surface area contributed by atoms with Gasteiger partial charge in [-0.25, -0.2) is 0 Å². The number of nitrogens with zero attached hydrogens (tertiary/aromatic N) is 1. The van der Waals surface area contributed by atoms with Crippen molar-refractivity contribution in [1.82, 2.24) is 15.5 Å². The molecule has 0 spiro atoms. The third-order valence-electron chi connectivity index (χ3n) is 5.44. The molecule has 140 valence electrons. The van der Waals surface area contributed by atoms with E-state index in [1.165, 1.54) is 0 Å². The van der Waals surface area contributed by atoms with Gasteiger partial charge < -0.3 is 15.4 Å². The first-order chi connectivity index (χ1) is 11.7. The Balaban J connectivity index is 0.00000225. The second-order valence-electron chi connectivity index (χ2n) is 6.87. The fraction of sp³-hybridized carbons (Fsp3) is 0.632. The van der Waals surface area contributed by atoms with Crippen LogP contribution in [0.15, 0.2) is 24.3 Å². The lowest BCUT2D eigenvalue weighted by atomic mass is 9.78. The van der Waals surface area contributed by atoms with Gasteiger partial charge in [0, 0.05) is 39.3 Å².